The molecule has 70 heavy (non-hydrogen) atoms. The van der Waals surface area contributed by atoms with E-state index in [1.54, 1.807) is 53.0 Å². The van der Waals surface area contributed by atoms with Crippen molar-refractivity contribution in [3.05, 3.63) is 115 Å². The predicted molar refractivity (Wildman–Crippen MR) is 246 cm³/mol. The zero-order valence-corrected chi connectivity index (χ0v) is 40.4. The van der Waals surface area contributed by atoms with Crippen LogP contribution in [0.3, 0.4) is 0 Å². The highest BCUT2D eigenvalue weighted by atomic mass is 35.5. The summed E-state index contributed by atoms with van der Waals surface area (Å²) in [6.45, 7) is 0. The first-order chi connectivity index (χ1) is 32.7. The van der Waals surface area contributed by atoms with Gasteiger partial charge in [-0.1, -0.05) is 0 Å². The number of ketones is 1. The van der Waals surface area contributed by atoms with Crippen molar-refractivity contribution >= 4 is 29.4 Å². The third kappa shape index (κ3) is 10.8. The predicted octanol–water partition coefficient (Wildman–Crippen LogP) is -1.95. The number of aromatic nitrogens is 6. The Morgan fingerprint density at radius 2 is 1.39 bits per heavy atom. The molecule has 372 valence electrons. The fourth-order valence-electron chi connectivity index (χ4n) is 10.3. The number of benzene rings is 2. The maximum absolute atomic E-state index is 14.6. The summed E-state index contributed by atoms with van der Waals surface area (Å²) in [5.74, 6) is -1.83. The highest BCUT2D eigenvalue weighted by molar-refractivity contribution is 6.08. The Kier molecular flexibility index (Phi) is 15.9. The second-order valence-corrected chi connectivity index (χ2v) is 18.2. The lowest BCUT2D eigenvalue weighted by Crippen LogP contribution is -3.16. The molecule has 4 fully saturated rings. The summed E-state index contributed by atoms with van der Waals surface area (Å²) in [7, 11) is 8.07. The van der Waals surface area contributed by atoms with Crippen molar-refractivity contribution in [1.82, 2.24) is 38.5 Å². The molecule has 0 amide bonds. The summed E-state index contributed by atoms with van der Waals surface area (Å²) in [6.07, 6.45) is 20.5. The molecule has 4 aliphatic rings. The van der Waals surface area contributed by atoms with E-state index < -0.39 is 23.3 Å². The van der Waals surface area contributed by atoms with Crippen molar-refractivity contribution in [3.8, 4) is 33.9 Å². The molecule has 7 aromatic rings. The first-order valence-corrected chi connectivity index (χ1v) is 22.7. The number of halogens is 6. The molecule has 4 saturated heterocycles. The molecule has 7 N–H and O–H groups in total. The number of allylic oxidation sites excluding steroid dienone is 1. The molecule has 11 rings (SSSR count). The third-order valence-electron chi connectivity index (χ3n) is 13.6. The van der Waals surface area contributed by atoms with Gasteiger partial charge in [-0.05, 0) is 63.1 Å². The first-order valence-electron chi connectivity index (χ1n) is 22.7. The number of hydrogen-bond donors (Lipinski definition) is 5. The SMILES string of the molecule is CN(C)C=CC(=O)c1c(-c2ccc(F)cc2F)nc2occn12.CN1C2CCC1CC(Nc1nccc(-c3c(-c4ccc(F)cc4F)nc4occn34)n1)C2.C[NH+]1C2CCC1CC([NH+]=C(N)N)C2.[Cl-].[Cl-]. The van der Waals surface area contributed by atoms with E-state index in [0.29, 0.717) is 59.0 Å². The molecule has 0 saturated carbocycles. The van der Waals surface area contributed by atoms with Crippen LogP contribution in [0.25, 0.3) is 45.6 Å². The van der Waals surface area contributed by atoms with Crippen LogP contribution in [0.15, 0.2) is 94.7 Å². The zero-order chi connectivity index (χ0) is 47.8. The topological polar surface area (TPSA) is 193 Å². The van der Waals surface area contributed by atoms with Crippen molar-refractivity contribution in [2.75, 3.05) is 33.5 Å². The van der Waals surface area contributed by atoms with E-state index in [1.165, 1.54) is 85.9 Å². The maximum Gasteiger partial charge on any atom is 0.338 e. The highest BCUT2D eigenvalue weighted by Gasteiger charge is 2.43. The summed E-state index contributed by atoms with van der Waals surface area (Å²) in [5, 5.41) is 3.50. The molecule has 16 nitrogen and oxygen atoms in total. The lowest BCUT2D eigenvalue weighted by atomic mass is 9.98. The molecular formula is C48H55Cl2F4N13O3. The molecule has 9 heterocycles. The van der Waals surface area contributed by atoms with Gasteiger partial charge in [-0.15, -0.1) is 0 Å². The van der Waals surface area contributed by atoms with Gasteiger partial charge in [0.1, 0.15) is 58.6 Å². The number of piperidine rings is 2. The average Bonchev–Trinajstić information content (AvgIpc) is 4.13. The number of nitrogens with two attached hydrogens (primary N) is 2. The number of carbonyl (C=O) groups excluding carboxylic acids is 1. The second kappa shape index (κ2) is 21.7. The van der Waals surface area contributed by atoms with E-state index in [1.807, 2.05) is 0 Å². The van der Waals surface area contributed by atoms with E-state index in [4.69, 9.17) is 25.3 Å². The van der Waals surface area contributed by atoms with Crippen LogP contribution < -0.4 is 51.5 Å². The number of guanidine groups is 1. The van der Waals surface area contributed by atoms with Crippen molar-refractivity contribution in [2.45, 2.75) is 87.6 Å². The van der Waals surface area contributed by atoms with Crippen LogP contribution >= 0.6 is 0 Å². The quantitative estimate of drug-likeness (QED) is 0.0354. The zero-order valence-electron chi connectivity index (χ0n) is 38.9. The van der Waals surface area contributed by atoms with Gasteiger partial charge < -0.3 is 53.7 Å². The number of hydrogen-bond acceptors (Lipinski definition) is 10. The molecule has 4 bridgehead atoms. The number of nitrogens with zero attached hydrogens (tertiary/aromatic N) is 8. The van der Waals surface area contributed by atoms with E-state index in [2.05, 4.69) is 44.3 Å². The maximum atomic E-state index is 14.6. The standard InChI is InChI=1S/C23H22F2N6O.C16H13F2N3O2.C9H18N4.2ClH/c1-30-15-3-4-16(30)12-14(11-15)27-22-26-7-6-19(28-22)21-20(29-23-31(21)8-9-32-23)17-5-2-13(24)10-18(17)25;1-20(2)6-5-13(22)15-14(19-16-21(15)7-8-23-16)11-4-3-10(17)9-12(11)18;1-13-7-2-3-8(13)5-6(4-7)12-9(10)11;;/h2,5-10,14-16H,3-4,11-12H2,1H3,(H,26,27,28);3-9H,1-2H3;6-8H,2-5H2,1H3,(H4,10,11,12);2*1H. The highest BCUT2D eigenvalue weighted by Crippen LogP contribution is 2.37. The molecule has 4 atom stereocenters. The van der Waals surface area contributed by atoms with Crippen molar-refractivity contribution in [2.24, 2.45) is 11.5 Å². The van der Waals surface area contributed by atoms with Gasteiger partial charge in [0.25, 0.3) is 0 Å². The fourth-order valence-corrected chi connectivity index (χ4v) is 10.3. The Hall–Kier alpha value is -6.48. The van der Waals surface area contributed by atoms with Crippen LogP contribution in [-0.4, -0.2) is 115 Å². The largest absolute Gasteiger partial charge is 1.00 e. The number of oxazole rings is 2. The summed E-state index contributed by atoms with van der Waals surface area (Å²) >= 11 is 0. The van der Waals surface area contributed by atoms with Crippen LogP contribution in [0, 0.1) is 23.3 Å². The van der Waals surface area contributed by atoms with Gasteiger partial charge in [-0.2, -0.15) is 9.97 Å². The Morgan fingerprint density at radius 3 is 1.97 bits per heavy atom. The number of nitrogens with one attached hydrogen (secondary N) is 3. The summed E-state index contributed by atoms with van der Waals surface area (Å²) in [4.78, 5) is 39.3. The number of imidazole rings is 2. The Balaban J connectivity index is 0.000000166. The fraction of sp³-hybridized carbons (Fsp3) is 0.375. The Bertz CT molecular complexity index is 2980. The number of anilines is 1. The van der Waals surface area contributed by atoms with Crippen LogP contribution in [0.5, 0.6) is 0 Å². The van der Waals surface area contributed by atoms with E-state index in [0.717, 1.165) is 43.1 Å². The smallest absolute Gasteiger partial charge is 0.338 e. The molecule has 4 unspecified atom stereocenters. The van der Waals surface area contributed by atoms with Crippen LogP contribution in [0.4, 0.5) is 23.5 Å². The van der Waals surface area contributed by atoms with Crippen LogP contribution in [-0.2, 0) is 0 Å². The number of carbonyl (C=O) groups is 1. The van der Waals surface area contributed by atoms with Crippen molar-refractivity contribution in [3.63, 3.8) is 0 Å². The van der Waals surface area contributed by atoms with Crippen LogP contribution in [0.1, 0.15) is 61.9 Å². The molecule has 0 radical (unpaired) electrons. The summed E-state index contributed by atoms with van der Waals surface area (Å²) in [5.41, 5.74) is 12.8. The van der Waals surface area contributed by atoms with Crippen molar-refractivity contribution < 1.29 is 65.9 Å². The summed E-state index contributed by atoms with van der Waals surface area (Å²) in [6, 6.07) is 12.0. The van der Waals surface area contributed by atoms with E-state index in [9.17, 15) is 22.4 Å². The van der Waals surface area contributed by atoms with Gasteiger partial charge in [0.2, 0.25) is 11.7 Å². The van der Waals surface area contributed by atoms with Gasteiger partial charge in [0, 0.05) is 112 Å². The minimum Gasteiger partial charge on any atom is -1.00 e. The normalized spacial score (nSPS) is 22.4. The van der Waals surface area contributed by atoms with Gasteiger partial charge in [0.15, 0.2) is 0 Å². The first kappa shape index (κ1) is 51.4. The Labute approximate surface area is 413 Å². The molecule has 5 aromatic heterocycles. The molecule has 22 heteroatoms. The van der Waals surface area contributed by atoms with Crippen molar-refractivity contribution in [1.29, 1.82) is 0 Å². The Morgan fingerprint density at radius 1 is 0.814 bits per heavy atom. The number of fused-ring (bicyclic) bond motifs is 6. The average molecular weight is 1010 g/mol. The van der Waals surface area contributed by atoms with E-state index in [-0.39, 0.29) is 59.0 Å². The summed E-state index contributed by atoms with van der Waals surface area (Å²) < 4.78 is 69.0. The second-order valence-electron chi connectivity index (χ2n) is 18.2. The monoisotopic (exact) mass is 1010 g/mol. The van der Waals surface area contributed by atoms with E-state index >= 15 is 0 Å². The van der Waals surface area contributed by atoms with Gasteiger partial charge in [-0.25, -0.2) is 27.5 Å². The molecular weight excluding hydrogens is 954 g/mol. The molecule has 4 aliphatic heterocycles. The molecule has 2 aromatic carbocycles. The van der Waals surface area contributed by atoms with Crippen LogP contribution in [0.2, 0.25) is 0 Å². The minimum absolute atomic E-state index is 0. The van der Waals surface area contributed by atoms with Gasteiger partial charge in [-0.3, -0.25) is 30.1 Å². The molecule has 0 aliphatic carbocycles. The lowest BCUT2D eigenvalue weighted by molar-refractivity contribution is -0.927. The number of quaternary nitrogens is 1. The lowest BCUT2D eigenvalue weighted by Gasteiger charge is -2.36. The third-order valence-corrected chi connectivity index (χ3v) is 13.6. The van der Waals surface area contributed by atoms with Gasteiger partial charge >= 0.3 is 17.6 Å². The number of rotatable bonds is 9. The molecule has 0 spiro atoms. The van der Waals surface area contributed by atoms with Gasteiger partial charge in [0.05, 0.1) is 30.9 Å². The minimum atomic E-state index is -0.795.